The van der Waals surface area contributed by atoms with E-state index in [-0.39, 0.29) is 17.4 Å². The van der Waals surface area contributed by atoms with E-state index in [2.05, 4.69) is 30.6 Å². The number of para-hydroxylation sites is 1. The van der Waals surface area contributed by atoms with E-state index in [4.69, 9.17) is 11.6 Å². The summed E-state index contributed by atoms with van der Waals surface area (Å²) in [4.78, 5) is 29.4. The third-order valence-corrected chi connectivity index (χ3v) is 5.15. The van der Waals surface area contributed by atoms with Gasteiger partial charge in [0.1, 0.15) is 23.2 Å². The highest BCUT2D eigenvalue weighted by molar-refractivity contribution is 6.32. The number of rotatable bonds is 4. The van der Waals surface area contributed by atoms with Crippen LogP contribution in [-0.4, -0.2) is 25.9 Å². The van der Waals surface area contributed by atoms with Crippen molar-refractivity contribution >= 4 is 34.7 Å². The topological polar surface area (TPSA) is 100.0 Å². The van der Waals surface area contributed by atoms with Crippen molar-refractivity contribution in [2.45, 2.75) is 12.7 Å². The minimum absolute atomic E-state index is 0.0862. The van der Waals surface area contributed by atoms with E-state index in [0.29, 0.717) is 22.4 Å². The molecule has 5 rings (SSSR count). The first-order chi connectivity index (χ1) is 14.6. The average molecular weight is 424 g/mol. The quantitative estimate of drug-likeness (QED) is 0.468. The van der Waals surface area contributed by atoms with Gasteiger partial charge in [-0.2, -0.15) is 0 Å². The number of halogens is 2. The molecule has 0 bridgehead atoms. The van der Waals surface area contributed by atoms with Crippen LogP contribution in [0.4, 0.5) is 10.2 Å². The predicted octanol–water partition coefficient (Wildman–Crippen LogP) is 3.14. The highest BCUT2D eigenvalue weighted by Crippen LogP contribution is 2.24. The van der Waals surface area contributed by atoms with Crippen molar-refractivity contribution in [3.63, 3.8) is 0 Å². The molecule has 0 spiro atoms. The molecular weight excluding hydrogens is 409 g/mol. The highest BCUT2D eigenvalue weighted by atomic mass is 35.5. The monoisotopic (exact) mass is 423 g/mol. The molecule has 0 saturated carbocycles. The number of H-pyrrole nitrogens is 1. The van der Waals surface area contributed by atoms with Crippen molar-refractivity contribution in [2.75, 3.05) is 5.32 Å². The molecule has 150 valence electrons. The van der Waals surface area contributed by atoms with Gasteiger partial charge in [-0.15, -0.1) is 0 Å². The van der Waals surface area contributed by atoms with Crippen LogP contribution in [0.2, 0.25) is 5.02 Å². The number of imidazole rings is 1. The van der Waals surface area contributed by atoms with Gasteiger partial charge in [-0.25, -0.2) is 14.4 Å². The smallest absolute Gasteiger partial charge is 0.269 e. The number of fused-ring (bicyclic) bond motifs is 2. The summed E-state index contributed by atoms with van der Waals surface area (Å²) >= 11 is 6.35. The maximum atomic E-state index is 14.4. The SMILES string of the molecule is O=c1c2c(F)cccc2nc(CNC2N=CNc3nc[nH]c32)n1-c1ccccc1Cl. The fraction of sp³-hybridized carbons (Fsp3) is 0.100. The van der Waals surface area contributed by atoms with Crippen LogP contribution in [0.15, 0.2) is 58.6 Å². The standard InChI is InChI=1S/C20H15ClFN7O/c21-11-4-1-2-7-14(11)29-15(28-13-6-3-5-12(22)16(13)20(29)30)8-23-18-17-19(25-9-24-17)27-10-26-18/h1-7,9-10,18,23H,8H2,(H,24,25)(H,26,27). The molecule has 0 amide bonds. The maximum absolute atomic E-state index is 14.4. The highest BCUT2D eigenvalue weighted by Gasteiger charge is 2.22. The van der Waals surface area contributed by atoms with Crippen molar-refractivity contribution in [3.8, 4) is 5.69 Å². The minimum Gasteiger partial charge on any atom is -0.344 e. The molecule has 0 fully saturated rings. The predicted molar refractivity (Wildman–Crippen MR) is 113 cm³/mol. The first kappa shape index (κ1) is 18.5. The fourth-order valence-electron chi connectivity index (χ4n) is 3.45. The lowest BCUT2D eigenvalue weighted by Crippen LogP contribution is -2.30. The summed E-state index contributed by atoms with van der Waals surface area (Å²) < 4.78 is 15.8. The van der Waals surface area contributed by atoms with Gasteiger partial charge in [-0.3, -0.25) is 19.7 Å². The van der Waals surface area contributed by atoms with E-state index in [0.717, 1.165) is 5.69 Å². The Morgan fingerprint density at radius 1 is 1.20 bits per heavy atom. The Hall–Kier alpha value is -3.56. The summed E-state index contributed by atoms with van der Waals surface area (Å²) in [5.74, 6) is 0.413. The maximum Gasteiger partial charge on any atom is 0.269 e. The van der Waals surface area contributed by atoms with Gasteiger partial charge in [0.15, 0.2) is 5.82 Å². The molecule has 10 heteroatoms. The molecule has 8 nitrogen and oxygen atoms in total. The molecule has 2 aromatic heterocycles. The van der Waals surface area contributed by atoms with E-state index < -0.39 is 17.5 Å². The largest absolute Gasteiger partial charge is 0.344 e. The van der Waals surface area contributed by atoms with Crippen molar-refractivity contribution in [3.05, 3.63) is 81.5 Å². The molecule has 2 aromatic carbocycles. The molecule has 0 radical (unpaired) electrons. The van der Waals surface area contributed by atoms with Crippen LogP contribution in [0.1, 0.15) is 17.7 Å². The van der Waals surface area contributed by atoms with Gasteiger partial charge in [0.05, 0.1) is 41.1 Å². The van der Waals surface area contributed by atoms with Crippen LogP contribution in [0.25, 0.3) is 16.6 Å². The normalized spacial score (nSPS) is 15.2. The third-order valence-electron chi connectivity index (χ3n) is 4.83. The lowest BCUT2D eigenvalue weighted by atomic mass is 10.2. The van der Waals surface area contributed by atoms with Crippen LogP contribution in [-0.2, 0) is 6.54 Å². The molecule has 30 heavy (non-hydrogen) atoms. The lowest BCUT2D eigenvalue weighted by molar-refractivity contribution is 0.524. The Morgan fingerprint density at radius 2 is 2.07 bits per heavy atom. The molecule has 1 aliphatic heterocycles. The molecule has 1 aliphatic rings. The Balaban J connectivity index is 1.63. The van der Waals surface area contributed by atoms with Gasteiger partial charge in [-0.1, -0.05) is 29.8 Å². The molecule has 1 atom stereocenters. The van der Waals surface area contributed by atoms with E-state index in [1.54, 1.807) is 43.0 Å². The van der Waals surface area contributed by atoms with Crippen LogP contribution < -0.4 is 16.2 Å². The van der Waals surface area contributed by atoms with Crippen molar-refractivity contribution in [2.24, 2.45) is 4.99 Å². The van der Waals surface area contributed by atoms with Gasteiger partial charge < -0.3 is 10.3 Å². The molecule has 0 saturated heterocycles. The second-order valence-electron chi connectivity index (χ2n) is 6.62. The Labute approximate surface area is 174 Å². The van der Waals surface area contributed by atoms with Gasteiger partial charge >= 0.3 is 0 Å². The first-order valence-electron chi connectivity index (χ1n) is 9.13. The van der Waals surface area contributed by atoms with Crippen LogP contribution in [0, 0.1) is 5.82 Å². The zero-order valence-electron chi connectivity index (χ0n) is 15.4. The molecule has 0 aliphatic carbocycles. The lowest BCUT2D eigenvalue weighted by Gasteiger charge is -2.20. The van der Waals surface area contributed by atoms with Crippen LogP contribution >= 0.6 is 11.6 Å². The molecule has 3 N–H and O–H groups in total. The van der Waals surface area contributed by atoms with E-state index in [9.17, 15) is 9.18 Å². The van der Waals surface area contributed by atoms with Gasteiger partial charge in [0.25, 0.3) is 5.56 Å². The number of aromatic amines is 1. The molecular formula is C20H15ClFN7O. The second kappa shape index (κ2) is 7.36. The third kappa shape index (κ3) is 3.04. The summed E-state index contributed by atoms with van der Waals surface area (Å²) in [6.45, 7) is 0.174. The number of nitrogens with one attached hydrogen (secondary N) is 3. The Bertz CT molecular complexity index is 1350. The Morgan fingerprint density at radius 3 is 2.93 bits per heavy atom. The molecule has 4 aromatic rings. The zero-order chi connectivity index (χ0) is 20.7. The number of anilines is 1. The zero-order valence-corrected chi connectivity index (χ0v) is 16.2. The first-order valence-corrected chi connectivity index (χ1v) is 9.51. The van der Waals surface area contributed by atoms with Gasteiger partial charge in [0.2, 0.25) is 0 Å². The molecule has 3 heterocycles. The number of benzene rings is 2. The summed E-state index contributed by atoms with van der Waals surface area (Å²) in [6, 6.07) is 11.2. The van der Waals surface area contributed by atoms with E-state index in [1.165, 1.54) is 16.7 Å². The number of hydrogen-bond donors (Lipinski definition) is 3. The molecule has 1 unspecified atom stereocenters. The summed E-state index contributed by atoms with van der Waals surface area (Å²) in [5.41, 5.74) is 0.931. The van der Waals surface area contributed by atoms with Gasteiger partial charge in [-0.05, 0) is 24.3 Å². The number of nitrogens with zero attached hydrogens (tertiary/aromatic N) is 4. The van der Waals surface area contributed by atoms with Crippen molar-refractivity contribution in [1.29, 1.82) is 0 Å². The summed E-state index contributed by atoms with van der Waals surface area (Å²) in [6.07, 6.45) is 2.70. The number of aromatic nitrogens is 4. The average Bonchev–Trinajstić information content (AvgIpc) is 3.22. The number of hydrogen-bond acceptors (Lipinski definition) is 6. The van der Waals surface area contributed by atoms with Crippen LogP contribution in [0.5, 0.6) is 0 Å². The Kier molecular flexibility index (Phi) is 4.53. The van der Waals surface area contributed by atoms with Crippen molar-refractivity contribution < 1.29 is 4.39 Å². The summed E-state index contributed by atoms with van der Waals surface area (Å²) in [5, 5.41) is 6.47. The van der Waals surface area contributed by atoms with E-state index >= 15 is 0 Å². The van der Waals surface area contributed by atoms with Crippen LogP contribution in [0.3, 0.4) is 0 Å². The second-order valence-corrected chi connectivity index (χ2v) is 7.03. The van der Waals surface area contributed by atoms with Gasteiger partial charge in [0, 0.05) is 0 Å². The minimum atomic E-state index is -0.629. The number of aliphatic imine (C=N–C) groups is 1. The van der Waals surface area contributed by atoms with Crippen molar-refractivity contribution in [1.82, 2.24) is 24.8 Å². The fourth-order valence-corrected chi connectivity index (χ4v) is 3.67. The summed E-state index contributed by atoms with van der Waals surface area (Å²) in [7, 11) is 0. The van der Waals surface area contributed by atoms with E-state index in [1.807, 2.05) is 0 Å².